The molecule has 0 aliphatic heterocycles. The molecule has 0 saturated heterocycles. The molecule has 27 heavy (non-hydrogen) atoms. The van der Waals surface area contributed by atoms with Gasteiger partial charge in [0.05, 0.1) is 7.11 Å². The van der Waals surface area contributed by atoms with Crippen molar-refractivity contribution in [3.05, 3.63) is 59.9 Å². The third-order valence-electron chi connectivity index (χ3n) is 3.22. The SMILES string of the molecule is COc1ccccc1CNCCNC(=O)c1ccncc1.O=C(O)C(=O)O. The molecule has 0 atom stereocenters. The van der Waals surface area contributed by atoms with E-state index in [4.69, 9.17) is 24.5 Å². The number of nitrogens with one attached hydrogen (secondary N) is 2. The molecule has 0 fully saturated rings. The summed E-state index contributed by atoms with van der Waals surface area (Å²) in [4.78, 5) is 33.9. The van der Waals surface area contributed by atoms with Gasteiger partial charge in [0.25, 0.3) is 5.91 Å². The van der Waals surface area contributed by atoms with E-state index in [-0.39, 0.29) is 5.91 Å². The van der Waals surface area contributed by atoms with Crippen LogP contribution in [0, 0.1) is 0 Å². The number of benzene rings is 1. The Bertz CT molecular complexity index is 740. The lowest BCUT2D eigenvalue weighted by Crippen LogP contribution is -2.31. The summed E-state index contributed by atoms with van der Waals surface area (Å²) in [6.45, 7) is 1.96. The van der Waals surface area contributed by atoms with Crippen molar-refractivity contribution in [2.75, 3.05) is 20.2 Å². The number of hydrogen-bond donors (Lipinski definition) is 4. The maximum Gasteiger partial charge on any atom is 0.414 e. The van der Waals surface area contributed by atoms with Crippen LogP contribution in [0.1, 0.15) is 15.9 Å². The Kier molecular flexibility index (Phi) is 9.58. The molecule has 2 aromatic rings. The highest BCUT2D eigenvalue weighted by Gasteiger charge is 2.04. The van der Waals surface area contributed by atoms with E-state index >= 15 is 0 Å². The Morgan fingerprint density at radius 2 is 1.63 bits per heavy atom. The largest absolute Gasteiger partial charge is 0.496 e. The van der Waals surface area contributed by atoms with Gasteiger partial charge in [-0.2, -0.15) is 0 Å². The first-order valence-corrected chi connectivity index (χ1v) is 7.92. The molecule has 0 spiro atoms. The van der Waals surface area contributed by atoms with Gasteiger partial charge in [0.15, 0.2) is 0 Å². The van der Waals surface area contributed by atoms with E-state index in [1.165, 1.54) is 0 Å². The van der Waals surface area contributed by atoms with Crippen molar-refractivity contribution in [1.82, 2.24) is 15.6 Å². The molecule has 1 amide bonds. The molecule has 0 radical (unpaired) electrons. The van der Waals surface area contributed by atoms with Gasteiger partial charge in [0, 0.05) is 43.2 Å². The molecular weight excluding hydrogens is 354 g/mol. The summed E-state index contributed by atoms with van der Waals surface area (Å²) in [5, 5.41) is 20.9. The van der Waals surface area contributed by atoms with Crippen LogP contribution in [0.2, 0.25) is 0 Å². The zero-order chi connectivity index (χ0) is 20.1. The molecule has 0 aliphatic rings. The number of amides is 1. The lowest BCUT2D eigenvalue weighted by Gasteiger charge is -2.10. The lowest BCUT2D eigenvalue weighted by atomic mass is 10.2. The third kappa shape index (κ3) is 8.45. The second-order valence-electron chi connectivity index (χ2n) is 5.09. The zero-order valence-electron chi connectivity index (χ0n) is 14.7. The molecule has 0 bridgehead atoms. The van der Waals surface area contributed by atoms with Crippen LogP contribution in [0.25, 0.3) is 0 Å². The van der Waals surface area contributed by atoms with E-state index in [0.717, 1.165) is 11.3 Å². The predicted octanol–water partition coefficient (Wildman–Crippen LogP) is 0.765. The van der Waals surface area contributed by atoms with Crippen LogP contribution in [0.5, 0.6) is 5.75 Å². The minimum atomic E-state index is -1.82. The Morgan fingerprint density at radius 1 is 1.00 bits per heavy atom. The molecule has 4 N–H and O–H groups in total. The Hall–Kier alpha value is -3.46. The minimum absolute atomic E-state index is 0.0866. The van der Waals surface area contributed by atoms with E-state index in [2.05, 4.69) is 15.6 Å². The van der Waals surface area contributed by atoms with Crippen LogP contribution >= 0.6 is 0 Å². The summed E-state index contributed by atoms with van der Waals surface area (Å²) in [6.07, 6.45) is 3.21. The highest BCUT2D eigenvalue weighted by atomic mass is 16.5. The number of carboxylic acid groups (broad SMARTS) is 2. The molecule has 1 heterocycles. The van der Waals surface area contributed by atoms with E-state index < -0.39 is 11.9 Å². The zero-order valence-corrected chi connectivity index (χ0v) is 14.7. The lowest BCUT2D eigenvalue weighted by molar-refractivity contribution is -0.159. The van der Waals surface area contributed by atoms with E-state index in [9.17, 15) is 4.79 Å². The average Bonchev–Trinajstić information content (AvgIpc) is 2.69. The monoisotopic (exact) mass is 375 g/mol. The summed E-state index contributed by atoms with van der Waals surface area (Å²) < 4.78 is 5.28. The summed E-state index contributed by atoms with van der Waals surface area (Å²) in [5.74, 6) is -2.87. The first-order chi connectivity index (χ1) is 13.0. The van der Waals surface area contributed by atoms with Gasteiger partial charge in [0.1, 0.15) is 5.75 Å². The quantitative estimate of drug-likeness (QED) is 0.411. The van der Waals surface area contributed by atoms with Crippen molar-refractivity contribution < 1.29 is 29.3 Å². The number of aromatic nitrogens is 1. The van der Waals surface area contributed by atoms with Gasteiger partial charge in [-0.05, 0) is 18.2 Å². The highest BCUT2D eigenvalue weighted by molar-refractivity contribution is 6.27. The van der Waals surface area contributed by atoms with Gasteiger partial charge in [-0.15, -0.1) is 0 Å². The first-order valence-electron chi connectivity index (χ1n) is 7.92. The van der Waals surface area contributed by atoms with E-state index in [1.54, 1.807) is 31.6 Å². The summed E-state index contributed by atoms with van der Waals surface area (Å²) >= 11 is 0. The van der Waals surface area contributed by atoms with Gasteiger partial charge >= 0.3 is 11.9 Å². The summed E-state index contributed by atoms with van der Waals surface area (Å²) in [7, 11) is 1.66. The number of carboxylic acids is 2. The van der Waals surface area contributed by atoms with Crippen LogP contribution in [0.15, 0.2) is 48.8 Å². The average molecular weight is 375 g/mol. The van der Waals surface area contributed by atoms with Crippen molar-refractivity contribution in [3.8, 4) is 5.75 Å². The van der Waals surface area contributed by atoms with Gasteiger partial charge < -0.3 is 25.6 Å². The highest BCUT2D eigenvalue weighted by Crippen LogP contribution is 2.16. The Balaban J connectivity index is 0.000000527. The predicted molar refractivity (Wildman–Crippen MR) is 96.5 cm³/mol. The van der Waals surface area contributed by atoms with Crippen LogP contribution < -0.4 is 15.4 Å². The van der Waals surface area contributed by atoms with Crippen LogP contribution in [0.3, 0.4) is 0 Å². The van der Waals surface area contributed by atoms with E-state index in [1.807, 2.05) is 24.3 Å². The second kappa shape index (κ2) is 12.0. The maximum atomic E-state index is 11.8. The van der Waals surface area contributed by atoms with Gasteiger partial charge in [-0.25, -0.2) is 9.59 Å². The fraction of sp³-hybridized carbons (Fsp3) is 0.222. The Labute approximate surface area is 156 Å². The van der Waals surface area contributed by atoms with Crippen molar-refractivity contribution in [2.24, 2.45) is 0 Å². The fourth-order valence-electron chi connectivity index (χ4n) is 1.94. The summed E-state index contributed by atoms with van der Waals surface area (Å²) in [6, 6.07) is 11.3. The molecule has 9 heteroatoms. The maximum absolute atomic E-state index is 11.8. The number of methoxy groups -OCH3 is 1. The molecule has 144 valence electrons. The van der Waals surface area contributed by atoms with Crippen LogP contribution in [-0.4, -0.2) is 53.2 Å². The first kappa shape index (κ1) is 21.6. The molecule has 2 rings (SSSR count). The van der Waals surface area contributed by atoms with Crippen molar-refractivity contribution in [3.63, 3.8) is 0 Å². The molecule has 0 unspecified atom stereocenters. The van der Waals surface area contributed by atoms with Crippen molar-refractivity contribution in [1.29, 1.82) is 0 Å². The minimum Gasteiger partial charge on any atom is -0.496 e. The number of nitrogens with zero attached hydrogens (tertiary/aromatic N) is 1. The molecule has 0 saturated carbocycles. The van der Waals surface area contributed by atoms with Crippen molar-refractivity contribution in [2.45, 2.75) is 6.54 Å². The molecule has 0 aliphatic carbocycles. The van der Waals surface area contributed by atoms with Gasteiger partial charge in [-0.1, -0.05) is 18.2 Å². The van der Waals surface area contributed by atoms with E-state index in [0.29, 0.717) is 25.2 Å². The number of hydrogen-bond acceptors (Lipinski definition) is 6. The number of para-hydroxylation sites is 1. The van der Waals surface area contributed by atoms with Gasteiger partial charge in [0.2, 0.25) is 0 Å². The summed E-state index contributed by atoms with van der Waals surface area (Å²) in [5.41, 5.74) is 1.72. The number of pyridine rings is 1. The van der Waals surface area contributed by atoms with Crippen LogP contribution in [0.4, 0.5) is 0 Å². The Morgan fingerprint density at radius 3 is 2.22 bits per heavy atom. The van der Waals surface area contributed by atoms with Crippen LogP contribution in [-0.2, 0) is 16.1 Å². The normalized spacial score (nSPS) is 9.52. The van der Waals surface area contributed by atoms with Crippen molar-refractivity contribution >= 4 is 17.8 Å². The second-order valence-corrected chi connectivity index (χ2v) is 5.09. The third-order valence-corrected chi connectivity index (χ3v) is 3.22. The standard InChI is InChI=1S/C16H19N3O2.C2H2O4/c1-21-15-5-3-2-4-14(15)12-18-10-11-19-16(20)13-6-8-17-9-7-13;3-1(4)2(5)6/h2-9,18H,10-12H2,1H3,(H,19,20);(H,3,4)(H,5,6). The van der Waals surface area contributed by atoms with Gasteiger partial charge in [-0.3, -0.25) is 9.78 Å². The topological polar surface area (TPSA) is 138 Å². The molecule has 1 aromatic carbocycles. The molecular formula is C18H21N3O6. The fourth-order valence-corrected chi connectivity index (χ4v) is 1.94. The molecule has 1 aromatic heterocycles. The smallest absolute Gasteiger partial charge is 0.414 e. The number of rotatable bonds is 7. The number of ether oxygens (including phenoxy) is 1. The number of carbonyl (C=O) groups excluding carboxylic acids is 1. The molecule has 9 nitrogen and oxygen atoms in total. The number of carbonyl (C=O) groups is 3. The number of aliphatic carboxylic acids is 2.